The fraction of sp³-hybridized carbons (Fsp3) is 0.0526. The largest absolute Gasteiger partial charge is 0.310 e. The highest BCUT2D eigenvalue weighted by atomic mass is 28.3. The molecule has 0 saturated carbocycles. The molecule has 1 aromatic heterocycles. The van der Waals surface area contributed by atoms with E-state index in [9.17, 15) is 0 Å². The maximum absolute atomic E-state index is 3.12. The molecular formula is C57H43N3Si. The first-order chi connectivity index (χ1) is 30.1. The Morgan fingerprint density at radius 2 is 0.820 bits per heavy atom. The van der Waals surface area contributed by atoms with Gasteiger partial charge >= 0.3 is 0 Å². The first-order valence-corrected chi connectivity index (χ1v) is 23.3. The standard InChI is InChI=1S/C57H43N3Si/c1-57(2)46-30-14-18-34-50(46)58(51-35-19-15-31-47(51)57)41-38-53(60-48-32-16-12-28-44(48)45-29-13-17-33-49(45)60)56-55(39-41)61(42-24-8-4-9-25-42,43-26-10-5-11-27-43)54-37-21-20-36-52(54)59(56)40-22-6-3-7-23-40/h3-39H,1-2H3. The Labute approximate surface area is 358 Å². The lowest BCUT2D eigenvalue weighted by Gasteiger charge is -2.47. The van der Waals surface area contributed by atoms with Crippen LogP contribution in [0.1, 0.15) is 25.0 Å². The Morgan fingerprint density at radius 1 is 0.361 bits per heavy atom. The van der Waals surface area contributed by atoms with Gasteiger partial charge in [0.2, 0.25) is 0 Å². The number of anilines is 6. The Hall–Kier alpha value is -7.40. The van der Waals surface area contributed by atoms with Gasteiger partial charge in [0, 0.05) is 33.2 Å². The summed E-state index contributed by atoms with van der Waals surface area (Å²) in [4.78, 5) is 5.11. The molecule has 290 valence electrons. The molecule has 0 saturated heterocycles. The Bertz CT molecular complexity index is 3150. The normalized spacial score (nSPS) is 14.6. The highest BCUT2D eigenvalue weighted by Crippen LogP contribution is 2.53. The molecule has 61 heavy (non-hydrogen) atoms. The third-order valence-electron chi connectivity index (χ3n) is 13.4. The van der Waals surface area contributed by atoms with Crippen molar-refractivity contribution < 1.29 is 0 Å². The van der Waals surface area contributed by atoms with Crippen molar-refractivity contribution in [2.24, 2.45) is 0 Å². The zero-order chi connectivity index (χ0) is 40.7. The van der Waals surface area contributed by atoms with Crippen LogP contribution >= 0.6 is 0 Å². The topological polar surface area (TPSA) is 11.4 Å². The highest BCUT2D eigenvalue weighted by molar-refractivity contribution is 7.21. The van der Waals surface area contributed by atoms with Crippen LogP contribution < -0.4 is 30.5 Å². The summed E-state index contributed by atoms with van der Waals surface area (Å²) >= 11 is 0. The third-order valence-corrected chi connectivity index (χ3v) is 18.2. The highest BCUT2D eigenvalue weighted by Gasteiger charge is 2.50. The molecule has 10 aromatic rings. The molecule has 0 fully saturated rings. The van der Waals surface area contributed by atoms with E-state index in [0.717, 1.165) is 17.1 Å². The lowest BCUT2D eigenvalue weighted by atomic mass is 9.73. The van der Waals surface area contributed by atoms with E-state index in [1.54, 1.807) is 0 Å². The number of hydrogen-bond donors (Lipinski definition) is 0. The first-order valence-electron chi connectivity index (χ1n) is 21.3. The summed E-state index contributed by atoms with van der Waals surface area (Å²) in [6.45, 7) is 4.74. The van der Waals surface area contributed by atoms with Gasteiger partial charge in [-0.15, -0.1) is 0 Å². The number of rotatable bonds is 5. The van der Waals surface area contributed by atoms with E-state index in [2.05, 4.69) is 253 Å². The van der Waals surface area contributed by atoms with Crippen LogP contribution in [0.5, 0.6) is 0 Å². The number of fused-ring (bicyclic) bond motifs is 7. The lowest BCUT2D eigenvalue weighted by Crippen LogP contribution is -2.77. The predicted molar refractivity (Wildman–Crippen MR) is 259 cm³/mol. The molecule has 12 rings (SSSR count). The van der Waals surface area contributed by atoms with Crippen LogP contribution in [0.2, 0.25) is 0 Å². The van der Waals surface area contributed by atoms with E-state index in [1.807, 2.05) is 0 Å². The number of hydrogen-bond acceptors (Lipinski definition) is 2. The van der Waals surface area contributed by atoms with E-state index >= 15 is 0 Å². The van der Waals surface area contributed by atoms with Crippen LogP contribution in [0.15, 0.2) is 224 Å². The number of para-hydroxylation sites is 6. The molecular weight excluding hydrogens is 755 g/mol. The molecule has 0 radical (unpaired) electrons. The van der Waals surface area contributed by atoms with Gasteiger partial charge in [-0.2, -0.15) is 0 Å². The second-order valence-corrected chi connectivity index (χ2v) is 20.6. The maximum Gasteiger partial charge on any atom is 0.184 e. The Kier molecular flexibility index (Phi) is 7.90. The van der Waals surface area contributed by atoms with Crippen molar-refractivity contribution in [1.82, 2.24) is 4.57 Å². The first kappa shape index (κ1) is 35.5. The Morgan fingerprint density at radius 3 is 1.39 bits per heavy atom. The quantitative estimate of drug-likeness (QED) is 0.161. The molecule has 0 unspecified atom stereocenters. The molecule has 0 bridgehead atoms. The van der Waals surface area contributed by atoms with E-state index in [1.165, 1.54) is 76.4 Å². The van der Waals surface area contributed by atoms with Gasteiger partial charge in [0.25, 0.3) is 0 Å². The fourth-order valence-electron chi connectivity index (χ4n) is 10.8. The van der Waals surface area contributed by atoms with Crippen LogP contribution in [-0.2, 0) is 5.41 Å². The summed E-state index contributed by atoms with van der Waals surface area (Å²) in [5.41, 5.74) is 13.1. The van der Waals surface area contributed by atoms with Gasteiger partial charge in [-0.25, -0.2) is 0 Å². The minimum Gasteiger partial charge on any atom is -0.310 e. The van der Waals surface area contributed by atoms with Crippen LogP contribution in [0.3, 0.4) is 0 Å². The van der Waals surface area contributed by atoms with E-state index in [4.69, 9.17) is 0 Å². The lowest BCUT2D eigenvalue weighted by molar-refractivity contribution is 0.632. The third kappa shape index (κ3) is 5.03. The average molecular weight is 798 g/mol. The van der Waals surface area contributed by atoms with Gasteiger partial charge in [-0.1, -0.05) is 184 Å². The summed E-state index contributed by atoms with van der Waals surface area (Å²) in [7, 11) is -3.12. The second-order valence-electron chi connectivity index (χ2n) is 16.9. The van der Waals surface area contributed by atoms with Crippen LogP contribution in [0, 0.1) is 0 Å². The molecule has 4 heteroatoms. The minimum atomic E-state index is -3.12. The summed E-state index contributed by atoms with van der Waals surface area (Å²) in [5, 5.41) is 7.91. The van der Waals surface area contributed by atoms with Crippen LogP contribution in [0.4, 0.5) is 34.1 Å². The molecule has 0 spiro atoms. The van der Waals surface area contributed by atoms with Gasteiger partial charge in [0.05, 0.1) is 33.8 Å². The number of aromatic nitrogens is 1. The monoisotopic (exact) mass is 797 g/mol. The van der Waals surface area contributed by atoms with Crippen molar-refractivity contribution in [2.45, 2.75) is 19.3 Å². The van der Waals surface area contributed by atoms with Gasteiger partial charge in [0.15, 0.2) is 8.07 Å². The average Bonchev–Trinajstić information content (AvgIpc) is 3.66. The molecule has 3 nitrogen and oxygen atoms in total. The van der Waals surface area contributed by atoms with E-state index in [-0.39, 0.29) is 5.41 Å². The molecule has 0 amide bonds. The van der Waals surface area contributed by atoms with Crippen molar-refractivity contribution in [3.05, 3.63) is 236 Å². The Balaban J connectivity index is 1.33. The number of benzene rings is 9. The van der Waals surface area contributed by atoms with Gasteiger partial charge in [0.1, 0.15) is 0 Å². The minimum absolute atomic E-state index is 0.191. The SMILES string of the molecule is CC1(C)c2ccccc2N(c2cc(-n3c4ccccc4c4ccccc43)c3c(c2)[Si](c2ccccc2)(c2ccccc2)c2ccccc2N3c2ccccc2)c2ccccc21. The summed E-state index contributed by atoms with van der Waals surface area (Å²) < 4.78 is 2.55. The van der Waals surface area contributed by atoms with Gasteiger partial charge < -0.3 is 14.4 Å². The molecule has 0 N–H and O–H groups in total. The van der Waals surface area contributed by atoms with E-state index < -0.39 is 8.07 Å². The molecule has 0 aliphatic carbocycles. The van der Waals surface area contributed by atoms with Crippen molar-refractivity contribution in [1.29, 1.82) is 0 Å². The second kappa shape index (κ2) is 13.6. The molecule has 2 aliphatic rings. The molecule has 9 aromatic carbocycles. The van der Waals surface area contributed by atoms with Crippen molar-refractivity contribution in [2.75, 3.05) is 9.80 Å². The van der Waals surface area contributed by atoms with E-state index in [0.29, 0.717) is 0 Å². The van der Waals surface area contributed by atoms with Crippen LogP contribution in [-0.4, -0.2) is 12.6 Å². The molecule has 3 heterocycles. The van der Waals surface area contributed by atoms with Crippen LogP contribution in [0.25, 0.3) is 27.5 Å². The zero-order valence-corrected chi connectivity index (χ0v) is 35.2. The van der Waals surface area contributed by atoms with Gasteiger partial charge in [-0.3, -0.25) is 0 Å². The molecule has 0 atom stereocenters. The summed E-state index contributed by atoms with van der Waals surface area (Å²) in [5.74, 6) is 0. The van der Waals surface area contributed by atoms with Crippen molar-refractivity contribution in [3.63, 3.8) is 0 Å². The smallest absolute Gasteiger partial charge is 0.184 e. The maximum atomic E-state index is 2.58. The number of nitrogens with zero attached hydrogens (tertiary/aromatic N) is 3. The molecule has 2 aliphatic heterocycles. The fourth-order valence-corrected chi connectivity index (χ4v) is 16.0. The van der Waals surface area contributed by atoms with Crippen molar-refractivity contribution in [3.8, 4) is 5.69 Å². The van der Waals surface area contributed by atoms with Crippen molar-refractivity contribution >= 4 is 84.8 Å². The predicted octanol–water partition coefficient (Wildman–Crippen LogP) is 12.1. The zero-order valence-electron chi connectivity index (χ0n) is 34.2. The summed E-state index contributed by atoms with van der Waals surface area (Å²) in [6.07, 6.45) is 0. The van der Waals surface area contributed by atoms with Gasteiger partial charge in [-0.05, 0) is 86.5 Å². The summed E-state index contributed by atoms with van der Waals surface area (Å²) in [6, 6.07) is 84.0.